The summed E-state index contributed by atoms with van der Waals surface area (Å²) >= 11 is 0. The molecule has 1 aliphatic rings. The molecule has 0 spiro atoms. The van der Waals surface area contributed by atoms with Gasteiger partial charge in [-0.3, -0.25) is 9.59 Å². The molecule has 0 radical (unpaired) electrons. The molecule has 166 valence electrons. The summed E-state index contributed by atoms with van der Waals surface area (Å²) in [5.41, 5.74) is 2.69. The Hall–Kier alpha value is -3.02. The standard InChI is InChI=1S/C25H32N2O4/c1-18-15-21(30-2)11-12-22(18)26-24(28)13-10-19-7-6-14-27(17-19)25(29)16-20-8-4-5-9-23(20)31-3/h4-5,8-9,11-12,15,19H,6-7,10,13-14,16-17H2,1-3H3,(H,26,28). The van der Waals surface area contributed by atoms with Gasteiger partial charge in [-0.2, -0.15) is 0 Å². The zero-order chi connectivity index (χ0) is 22.2. The molecule has 2 aromatic rings. The van der Waals surface area contributed by atoms with Gasteiger partial charge < -0.3 is 19.7 Å². The summed E-state index contributed by atoms with van der Waals surface area (Å²) in [6.45, 7) is 3.44. The Bertz CT molecular complexity index is 912. The molecule has 1 saturated heterocycles. The number of piperidine rings is 1. The number of nitrogens with zero attached hydrogens (tertiary/aromatic N) is 1. The molecule has 0 aliphatic carbocycles. The van der Waals surface area contributed by atoms with Crippen molar-refractivity contribution >= 4 is 17.5 Å². The molecule has 31 heavy (non-hydrogen) atoms. The van der Waals surface area contributed by atoms with Crippen LogP contribution in [0, 0.1) is 12.8 Å². The summed E-state index contributed by atoms with van der Waals surface area (Å²) in [6.07, 6.45) is 3.59. The van der Waals surface area contributed by atoms with E-state index in [9.17, 15) is 9.59 Å². The number of amides is 2. The van der Waals surface area contributed by atoms with E-state index in [4.69, 9.17) is 9.47 Å². The maximum Gasteiger partial charge on any atom is 0.227 e. The molecule has 1 heterocycles. The van der Waals surface area contributed by atoms with Crippen LogP contribution < -0.4 is 14.8 Å². The highest BCUT2D eigenvalue weighted by Crippen LogP contribution is 2.25. The van der Waals surface area contributed by atoms with Crippen LogP contribution in [-0.2, 0) is 16.0 Å². The molecule has 6 nitrogen and oxygen atoms in total. The van der Waals surface area contributed by atoms with Crippen LogP contribution in [0.25, 0.3) is 0 Å². The third-order valence-corrected chi connectivity index (χ3v) is 5.89. The number of carbonyl (C=O) groups is 2. The van der Waals surface area contributed by atoms with E-state index >= 15 is 0 Å². The fourth-order valence-corrected chi connectivity index (χ4v) is 4.10. The number of methoxy groups -OCH3 is 2. The number of rotatable bonds is 8. The van der Waals surface area contributed by atoms with E-state index in [1.165, 1.54) is 0 Å². The van der Waals surface area contributed by atoms with Crippen molar-refractivity contribution in [3.63, 3.8) is 0 Å². The van der Waals surface area contributed by atoms with Gasteiger partial charge in [0.1, 0.15) is 11.5 Å². The van der Waals surface area contributed by atoms with Gasteiger partial charge in [-0.25, -0.2) is 0 Å². The van der Waals surface area contributed by atoms with Crippen LogP contribution in [0.5, 0.6) is 11.5 Å². The summed E-state index contributed by atoms with van der Waals surface area (Å²) < 4.78 is 10.6. The first-order valence-electron chi connectivity index (χ1n) is 10.8. The second-order valence-corrected chi connectivity index (χ2v) is 8.10. The average Bonchev–Trinajstić information content (AvgIpc) is 2.79. The van der Waals surface area contributed by atoms with Crippen molar-refractivity contribution in [1.82, 2.24) is 4.90 Å². The molecule has 6 heteroatoms. The SMILES string of the molecule is COc1ccc(NC(=O)CCC2CCCN(C(=O)Cc3ccccc3OC)C2)c(C)c1. The van der Waals surface area contributed by atoms with Gasteiger partial charge in [-0.05, 0) is 61.9 Å². The number of ether oxygens (including phenoxy) is 2. The molecule has 1 N–H and O–H groups in total. The highest BCUT2D eigenvalue weighted by molar-refractivity contribution is 5.91. The van der Waals surface area contributed by atoms with E-state index in [1.54, 1.807) is 14.2 Å². The van der Waals surface area contributed by atoms with Crippen molar-refractivity contribution in [2.75, 3.05) is 32.6 Å². The summed E-state index contributed by atoms with van der Waals surface area (Å²) in [6, 6.07) is 13.3. The third kappa shape index (κ3) is 6.23. The zero-order valence-corrected chi connectivity index (χ0v) is 18.6. The quantitative estimate of drug-likeness (QED) is 0.689. The number of carbonyl (C=O) groups excluding carboxylic acids is 2. The monoisotopic (exact) mass is 424 g/mol. The Balaban J connectivity index is 1.49. The van der Waals surface area contributed by atoms with E-state index in [0.29, 0.717) is 25.3 Å². The van der Waals surface area contributed by atoms with Crippen molar-refractivity contribution in [2.24, 2.45) is 5.92 Å². The Labute approximate surface area is 184 Å². The second-order valence-electron chi connectivity index (χ2n) is 8.10. The number of anilines is 1. The van der Waals surface area contributed by atoms with Gasteiger partial charge in [0.2, 0.25) is 11.8 Å². The van der Waals surface area contributed by atoms with E-state index in [0.717, 1.165) is 54.1 Å². The molecular formula is C25H32N2O4. The largest absolute Gasteiger partial charge is 0.497 e. The molecule has 1 fully saturated rings. The summed E-state index contributed by atoms with van der Waals surface area (Å²) in [5, 5.41) is 2.99. The van der Waals surface area contributed by atoms with E-state index in [-0.39, 0.29) is 11.8 Å². The van der Waals surface area contributed by atoms with Crippen molar-refractivity contribution in [2.45, 2.75) is 39.0 Å². The number of hydrogen-bond acceptors (Lipinski definition) is 4. The lowest BCUT2D eigenvalue weighted by Crippen LogP contribution is -2.41. The van der Waals surface area contributed by atoms with Crippen molar-refractivity contribution in [3.05, 3.63) is 53.6 Å². The number of likely N-dealkylation sites (tertiary alicyclic amines) is 1. The first kappa shape index (κ1) is 22.7. The normalized spacial score (nSPS) is 16.0. The van der Waals surface area contributed by atoms with Crippen LogP contribution in [0.3, 0.4) is 0 Å². The van der Waals surface area contributed by atoms with Crippen LogP contribution in [0.15, 0.2) is 42.5 Å². The lowest BCUT2D eigenvalue weighted by molar-refractivity contribution is -0.132. The molecule has 1 aliphatic heterocycles. The molecule has 0 saturated carbocycles. The topological polar surface area (TPSA) is 67.9 Å². The third-order valence-electron chi connectivity index (χ3n) is 5.89. The second kappa shape index (κ2) is 10.8. The lowest BCUT2D eigenvalue weighted by atomic mass is 9.92. The fraction of sp³-hybridized carbons (Fsp3) is 0.440. The minimum absolute atomic E-state index is 0.00531. The Kier molecular flexibility index (Phi) is 7.93. The van der Waals surface area contributed by atoms with Gasteiger partial charge in [-0.1, -0.05) is 18.2 Å². The summed E-state index contributed by atoms with van der Waals surface area (Å²) in [4.78, 5) is 27.2. The minimum Gasteiger partial charge on any atom is -0.497 e. The Morgan fingerprint density at radius 3 is 2.68 bits per heavy atom. The number of aryl methyl sites for hydroxylation is 1. The van der Waals surface area contributed by atoms with Gasteiger partial charge in [0, 0.05) is 30.8 Å². The van der Waals surface area contributed by atoms with Gasteiger partial charge in [0.25, 0.3) is 0 Å². The molecule has 0 aromatic heterocycles. The molecule has 1 atom stereocenters. The predicted octanol–water partition coefficient (Wildman–Crippen LogP) is 4.21. The van der Waals surface area contributed by atoms with Gasteiger partial charge >= 0.3 is 0 Å². The van der Waals surface area contributed by atoms with Crippen LogP contribution in [0.2, 0.25) is 0 Å². The molecular weight excluding hydrogens is 392 g/mol. The summed E-state index contributed by atoms with van der Waals surface area (Å²) in [7, 11) is 3.25. The summed E-state index contributed by atoms with van der Waals surface area (Å²) in [5.74, 6) is 1.99. The molecule has 1 unspecified atom stereocenters. The van der Waals surface area contributed by atoms with E-state index in [1.807, 2.05) is 54.3 Å². The van der Waals surface area contributed by atoms with Crippen molar-refractivity contribution in [3.8, 4) is 11.5 Å². The van der Waals surface area contributed by atoms with Crippen LogP contribution in [0.1, 0.15) is 36.8 Å². The van der Waals surface area contributed by atoms with Crippen LogP contribution >= 0.6 is 0 Å². The van der Waals surface area contributed by atoms with E-state index in [2.05, 4.69) is 5.32 Å². The van der Waals surface area contributed by atoms with Crippen molar-refractivity contribution in [1.29, 1.82) is 0 Å². The first-order chi connectivity index (χ1) is 15.0. The lowest BCUT2D eigenvalue weighted by Gasteiger charge is -2.33. The first-order valence-corrected chi connectivity index (χ1v) is 10.8. The predicted molar refractivity (Wildman–Crippen MR) is 122 cm³/mol. The highest BCUT2D eigenvalue weighted by Gasteiger charge is 2.24. The highest BCUT2D eigenvalue weighted by atomic mass is 16.5. The van der Waals surface area contributed by atoms with Gasteiger partial charge in [0.15, 0.2) is 0 Å². The number of para-hydroxylation sites is 1. The van der Waals surface area contributed by atoms with Crippen molar-refractivity contribution < 1.29 is 19.1 Å². The van der Waals surface area contributed by atoms with Gasteiger partial charge in [-0.15, -0.1) is 0 Å². The Morgan fingerprint density at radius 2 is 1.94 bits per heavy atom. The molecule has 0 bridgehead atoms. The molecule has 3 rings (SSSR count). The molecule has 2 amide bonds. The fourth-order valence-electron chi connectivity index (χ4n) is 4.10. The smallest absolute Gasteiger partial charge is 0.227 e. The maximum absolute atomic E-state index is 12.8. The van der Waals surface area contributed by atoms with Crippen LogP contribution in [-0.4, -0.2) is 44.0 Å². The van der Waals surface area contributed by atoms with E-state index < -0.39 is 0 Å². The number of benzene rings is 2. The zero-order valence-electron chi connectivity index (χ0n) is 18.6. The Morgan fingerprint density at radius 1 is 1.13 bits per heavy atom. The minimum atomic E-state index is 0.00531. The maximum atomic E-state index is 12.8. The molecule has 2 aromatic carbocycles. The van der Waals surface area contributed by atoms with Crippen LogP contribution in [0.4, 0.5) is 5.69 Å². The number of hydrogen-bond donors (Lipinski definition) is 1. The van der Waals surface area contributed by atoms with Gasteiger partial charge in [0.05, 0.1) is 20.6 Å². The number of nitrogens with one attached hydrogen (secondary N) is 1. The average molecular weight is 425 g/mol.